The van der Waals surface area contributed by atoms with Crippen LogP contribution in [0.2, 0.25) is 0 Å². The molecule has 1 aliphatic carbocycles. The Bertz CT molecular complexity index is 925. The topological polar surface area (TPSA) is 80.7 Å². The number of thioether (sulfide) groups is 1. The van der Waals surface area contributed by atoms with E-state index in [1.54, 1.807) is 18.0 Å². The van der Waals surface area contributed by atoms with Gasteiger partial charge in [0.1, 0.15) is 23.0 Å². The third kappa shape index (κ3) is 2.70. The lowest BCUT2D eigenvalue weighted by Crippen LogP contribution is -2.54. The van der Waals surface area contributed by atoms with E-state index in [1.807, 2.05) is 30.3 Å². The van der Waals surface area contributed by atoms with E-state index < -0.39 is 11.1 Å². The maximum absolute atomic E-state index is 11.5. The lowest BCUT2D eigenvalue weighted by molar-refractivity contribution is -0.0895. The first-order valence-electron chi connectivity index (χ1n) is 9.09. The van der Waals surface area contributed by atoms with Gasteiger partial charge in [-0.2, -0.15) is 0 Å². The maximum Gasteiger partial charge on any atom is 0.154 e. The molecule has 7 heteroatoms. The maximum atomic E-state index is 11.5. The minimum atomic E-state index is -0.972. The van der Waals surface area contributed by atoms with Crippen molar-refractivity contribution in [1.29, 1.82) is 0 Å². The largest absolute Gasteiger partial charge is 0.490 e. The number of nitrogens with two attached hydrogens (primary N) is 1. The number of benzene rings is 1. The van der Waals surface area contributed by atoms with Crippen LogP contribution in [0.4, 0.5) is 0 Å². The lowest BCUT2D eigenvalue weighted by atomic mass is 9.64. The van der Waals surface area contributed by atoms with E-state index in [0.717, 1.165) is 33.7 Å². The van der Waals surface area contributed by atoms with Crippen molar-refractivity contribution in [2.45, 2.75) is 36.5 Å². The van der Waals surface area contributed by atoms with Crippen LogP contribution in [0.25, 0.3) is 0 Å². The Balaban J connectivity index is 1.62. The number of hydrogen-bond donors (Lipinski definition) is 2. The first-order chi connectivity index (χ1) is 13.0. The smallest absolute Gasteiger partial charge is 0.154 e. The van der Waals surface area contributed by atoms with E-state index in [1.165, 1.54) is 0 Å². The molecule has 0 radical (unpaired) electrons. The number of pyridine rings is 1. The fraction of sp³-hybridized carbons (Fsp3) is 0.400. The average Bonchev–Trinajstić information content (AvgIpc) is 3.07. The molecular formula is C20H20BrN3O2S. The Morgan fingerprint density at radius 2 is 2.19 bits per heavy atom. The highest BCUT2D eigenvalue weighted by Crippen LogP contribution is 2.57. The molecule has 1 spiro atoms. The molecule has 1 fully saturated rings. The molecule has 3 heterocycles. The van der Waals surface area contributed by atoms with E-state index in [0.29, 0.717) is 18.0 Å². The predicted molar refractivity (Wildman–Crippen MR) is 110 cm³/mol. The Kier molecular flexibility index (Phi) is 4.04. The molecule has 2 aromatic rings. The zero-order valence-electron chi connectivity index (χ0n) is 14.6. The number of fused-ring (bicyclic) bond motifs is 4. The van der Waals surface area contributed by atoms with Crippen LogP contribution in [0.15, 0.2) is 52.1 Å². The van der Waals surface area contributed by atoms with Gasteiger partial charge in [0.05, 0.1) is 5.69 Å². The Morgan fingerprint density at radius 3 is 2.93 bits per heavy atom. The fourth-order valence-electron chi connectivity index (χ4n) is 4.75. The minimum absolute atomic E-state index is 0.0120. The van der Waals surface area contributed by atoms with Crippen LogP contribution >= 0.6 is 27.7 Å². The second-order valence-electron chi connectivity index (χ2n) is 7.56. The minimum Gasteiger partial charge on any atom is -0.490 e. The van der Waals surface area contributed by atoms with Crippen LogP contribution in [-0.4, -0.2) is 27.1 Å². The first kappa shape index (κ1) is 17.5. The molecule has 27 heavy (non-hydrogen) atoms. The monoisotopic (exact) mass is 445 g/mol. The number of aliphatic hydroxyl groups is 1. The van der Waals surface area contributed by atoms with Crippen LogP contribution in [0.5, 0.6) is 5.75 Å². The van der Waals surface area contributed by atoms with E-state index in [9.17, 15) is 5.11 Å². The highest BCUT2D eigenvalue weighted by Gasteiger charge is 2.57. The number of nitrogens with zero attached hydrogens (tertiary/aromatic N) is 2. The Morgan fingerprint density at radius 1 is 1.30 bits per heavy atom. The van der Waals surface area contributed by atoms with Crippen LogP contribution in [0.1, 0.15) is 30.5 Å². The van der Waals surface area contributed by atoms with Gasteiger partial charge in [0.2, 0.25) is 0 Å². The summed E-state index contributed by atoms with van der Waals surface area (Å²) in [7, 11) is 0. The number of amidine groups is 1. The van der Waals surface area contributed by atoms with E-state index in [2.05, 4.69) is 27.0 Å². The lowest BCUT2D eigenvalue weighted by Gasteiger charge is -2.50. The zero-order chi connectivity index (χ0) is 18.6. The summed E-state index contributed by atoms with van der Waals surface area (Å²) in [5, 5.41) is 12.1. The quantitative estimate of drug-likeness (QED) is 0.701. The molecule has 1 unspecified atom stereocenters. The number of aromatic nitrogens is 1. The molecule has 4 atom stereocenters. The molecule has 0 amide bonds. The van der Waals surface area contributed by atoms with Gasteiger partial charge in [-0.15, -0.1) is 0 Å². The van der Waals surface area contributed by atoms with E-state index in [-0.39, 0.29) is 12.0 Å². The number of rotatable bonds is 1. The number of ether oxygens (including phenoxy) is 1. The molecule has 2 aliphatic heterocycles. The van der Waals surface area contributed by atoms with Crippen molar-refractivity contribution in [1.82, 2.24) is 4.98 Å². The second kappa shape index (κ2) is 6.22. The van der Waals surface area contributed by atoms with Gasteiger partial charge in [-0.3, -0.25) is 4.98 Å². The van der Waals surface area contributed by atoms with Gasteiger partial charge >= 0.3 is 0 Å². The molecule has 1 saturated carbocycles. The first-order valence-corrected chi connectivity index (χ1v) is 10.9. The molecule has 5 nitrogen and oxygen atoms in total. The third-order valence-electron chi connectivity index (χ3n) is 6.04. The SMILES string of the molecule is NC1=N[C@]2(CS1)c1cc(Br)ccc1O[C@H]1CCC(O)(c3ccccn3)C[C@@H]12. The third-order valence-corrected chi connectivity index (χ3v) is 7.50. The Hall–Kier alpha value is -1.57. The molecule has 0 bridgehead atoms. The van der Waals surface area contributed by atoms with Crippen LogP contribution in [0.3, 0.4) is 0 Å². The summed E-state index contributed by atoms with van der Waals surface area (Å²) in [5.74, 6) is 1.68. The van der Waals surface area contributed by atoms with Crippen LogP contribution in [0, 0.1) is 5.92 Å². The summed E-state index contributed by atoms with van der Waals surface area (Å²) in [5.41, 5.74) is 6.45. The predicted octanol–water partition coefficient (Wildman–Crippen LogP) is 3.55. The van der Waals surface area contributed by atoms with Crippen molar-refractivity contribution in [3.05, 3.63) is 58.3 Å². The van der Waals surface area contributed by atoms with Crippen LogP contribution in [-0.2, 0) is 11.1 Å². The summed E-state index contributed by atoms with van der Waals surface area (Å²) in [6, 6.07) is 11.8. The second-order valence-corrected chi connectivity index (χ2v) is 9.47. The normalized spacial score (nSPS) is 34.5. The van der Waals surface area contributed by atoms with E-state index in [4.69, 9.17) is 15.5 Å². The van der Waals surface area contributed by atoms with Crippen molar-refractivity contribution in [2.24, 2.45) is 16.6 Å². The zero-order valence-corrected chi connectivity index (χ0v) is 17.0. The van der Waals surface area contributed by atoms with Crippen molar-refractivity contribution >= 4 is 32.9 Å². The van der Waals surface area contributed by atoms with Gasteiger partial charge in [-0.25, -0.2) is 4.99 Å². The fourth-order valence-corrected chi connectivity index (χ4v) is 6.14. The summed E-state index contributed by atoms with van der Waals surface area (Å²) >= 11 is 5.17. The van der Waals surface area contributed by atoms with Gasteiger partial charge in [0.15, 0.2) is 5.17 Å². The van der Waals surface area contributed by atoms with Crippen molar-refractivity contribution in [3.8, 4) is 5.75 Å². The summed E-state index contributed by atoms with van der Waals surface area (Å²) in [6.45, 7) is 0. The van der Waals surface area contributed by atoms with Crippen molar-refractivity contribution in [3.63, 3.8) is 0 Å². The summed E-state index contributed by atoms with van der Waals surface area (Å²) in [6.07, 6.45) is 3.69. The molecular weight excluding hydrogens is 426 g/mol. The molecule has 3 N–H and O–H groups in total. The number of hydrogen-bond acceptors (Lipinski definition) is 6. The molecule has 140 valence electrons. The van der Waals surface area contributed by atoms with Gasteiger partial charge < -0.3 is 15.6 Å². The summed E-state index contributed by atoms with van der Waals surface area (Å²) in [4.78, 5) is 9.37. The summed E-state index contributed by atoms with van der Waals surface area (Å²) < 4.78 is 7.36. The molecule has 0 saturated heterocycles. The van der Waals surface area contributed by atoms with Crippen molar-refractivity contribution < 1.29 is 9.84 Å². The molecule has 3 aliphatic rings. The van der Waals surface area contributed by atoms with Gasteiger partial charge in [0, 0.05) is 27.9 Å². The van der Waals surface area contributed by atoms with Gasteiger partial charge in [-0.05, 0) is 49.6 Å². The van der Waals surface area contributed by atoms with Gasteiger partial charge in [0.25, 0.3) is 0 Å². The van der Waals surface area contributed by atoms with Crippen LogP contribution < -0.4 is 10.5 Å². The highest BCUT2D eigenvalue weighted by atomic mass is 79.9. The average molecular weight is 446 g/mol. The molecule has 1 aromatic carbocycles. The number of aliphatic imine (C=N–C) groups is 1. The van der Waals surface area contributed by atoms with Gasteiger partial charge in [-0.1, -0.05) is 33.8 Å². The van der Waals surface area contributed by atoms with Crippen molar-refractivity contribution in [2.75, 3.05) is 5.75 Å². The van der Waals surface area contributed by atoms with E-state index >= 15 is 0 Å². The number of halogens is 1. The standard InChI is InChI=1S/C20H20BrN3O2S/c21-12-4-5-15-13(9-12)20(11-27-18(22)24-20)14-10-19(25,7-6-16(14)26-15)17-3-1-2-8-23-17/h1-5,8-9,14,16,25H,6-7,10-11H2,(H2,22,24)/t14-,16-,19?,20+/m0/s1. The Labute approximate surface area is 170 Å². The molecule has 5 rings (SSSR count). The molecule has 1 aromatic heterocycles. The highest BCUT2D eigenvalue weighted by molar-refractivity contribution is 9.10.